The van der Waals surface area contributed by atoms with Crippen LogP contribution in [0.1, 0.15) is 11.4 Å². The van der Waals surface area contributed by atoms with E-state index in [2.05, 4.69) is 4.98 Å². The molecule has 3 nitrogen and oxygen atoms in total. The summed E-state index contributed by atoms with van der Waals surface area (Å²) in [6.45, 7) is 1.97. The molecule has 0 spiro atoms. The molecule has 0 atom stereocenters. The zero-order chi connectivity index (χ0) is 7.84. The van der Waals surface area contributed by atoms with E-state index in [9.17, 15) is 0 Å². The van der Waals surface area contributed by atoms with Gasteiger partial charge in [-0.05, 0) is 6.92 Å². The molecule has 0 aliphatic rings. The minimum atomic E-state index is 0.0593. The molecule has 0 unspecified atom stereocenters. The lowest BCUT2D eigenvalue weighted by molar-refractivity contribution is 0.275. The van der Waals surface area contributed by atoms with Gasteiger partial charge >= 0.3 is 0 Å². The Balaban J connectivity index is 2.80. The Morgan fingerprint density at radius 1 is 1.73 bits per heavy atom. The summed E-state index contributed by atoms with van der Waals surface area (Å²) in [5, 5.41) is 10.9. The zero-order valence-corrected chi connectivity index (χ0v) is 6.93. The lowest BCUT2D eigenvalue weighted by Crippen LogP contribution is -1.90. The van der Waals surface area contributed by atoms with Crippen LogP contribution in [-0.2, 0) is 6.61 Å². The van der Waals surface area contributed by atoms with Crippen molar-refractivity contribution in [3.63, 3.8) is 0 Å². The van der Waals surface area contributed by atoms with Crippen molar-refractivity contribution in [2.24, 2.45) is 0 Å². The van der Waals surface area contributed by atoms with Crippen LogP contribution in [0.2, 0.25) is 0 Å². The summed E-state index contributed by atoms with van der Waals surface area (Å²) >= 11 is 1.58. The third-order valence-corrected chi connectivity index (χ3v) is 2.47. The minimum absolute atomic E-state index is 0.0593. The van der Waals surface area contributed by atoms with Gasteiger partial charge in [-0.25, -0.2) is 4.98 Å². The Morgan fingerprint density at radius 2 is 2.55 bits per heavy atom. The Kier molecular flexibility index (Phi) is 1.44. The van der Waals surface area contributed by atoms with E-state index in [0.29, 0.717) is 0 Å². The number of hydrogen-bond donors (Lipinski definition) is 1. The van der Waals surface area contributed by atoms with E-state index >= 15 is 0 Å². The molecular weight excluding hydrogens is 160 g/mol. The number of nitrogens with zero attached hydrogens (tertiary/aromatic N) is 2. The van der Waals surface area contributed by atoms with E-state index < -0.39 is 0 Å². The number of fused-ring (bicyclic) bond motifs is 1. The normalized spacial score (nSPS) is 11.1. The van der Waals surface area contributed by atoms with Gasteiger partial charge in [-0.1, -0.05) is 0 Å². The van der Waals surface area contributed by atoms with Crippen molar-refractivity contribution in [3.8, 4) is 0 Å². The summed E-state index contributed by atoms with van der Waals surface area (Å²) in [6.07, 6.45) is 1.92. The van der Waals surface area contributed by atoms with Gasteiger partial charge in [0.05, 0.1) is 18.0 Å². The molecule has 4 heteroatoms. The molecule has 58 valence electrons. The highest BCUT2D eigenvalue weighted by Crippen LogP contribution is 2.16. The molecule has 0 fully saturated rings. The zero-order valence-electron chi connectivity index (χ0n) is 6.11. The number of imidazole rings is 1. The van der Waals surface area contributed by atoms with E-state index in [-0.39, 0.29) is 6.61 Å². The average Bonchev–Trinajstić information content (AvgIpc) is 2.46. The fraction of sp³-hybridized carbons (Fsp3) is 0.286. The number of hydrogen-bond acceptors (Lipinski definition) is 3. The van der Waals surface area contributed by atoms with Crippen LogP contribution in [0.5, 0.6) is 0 Å². The van der Waals surface area contributed by atoms with Crippen LogP contribution in [0.3, 0.4) is 0 Å². The number of aromatic nitrogens is 2. The Morgan fingerprint density at radius 3 is 3.27 bits per heavy atom. The molecule has 2 aromatic heterocycles. The van der Waals surface area contributed by atoms with Crippen LogP contribution < -0.4 is 0 Å². The summed E-state index contributed by atoms with van der Waals surface area (Å²) in [5.74, 6) is 0. The molecule has 2 heterocycles. The summed E-state index contributed by atoms with van der Waals surface area (Å²) in [7, 11) is 0. The monoisotopic (exact) mass is 168 g/mol. The van der Waals surface area contributed by atoms with E-state index in [1.807, 2.05) is 22.9 Å². The number of aliphatic hydroxyl groups excluding tert-OH is 1. The highest BCUT2D eigenvalue weighted by Gasteiger charge is 2.06. The molecule has 0 aliphatic heterocycles. The number of aryl methyl sites for hydroxylation is 1. The first-order valence-corrected chi connectivity index (χ1v) is 4.23. The van der Waals surface area contributed by atoms with Crippen molar-refractivity contribution < 1.29 is 5.11 Å². The molecule has 0 amide bonds. The van der Waals surface area contributed by atoms with E-state index in [0.717, 1.165) is 16.3 Å². The van der Waals surface area contributed by atoms with Gasteiger partial charge in [0.2, 0.25) is 0 Å². The Hall–Kier alpha value is -0.870. The molecule has 0 bridgehead atoms. The maximum atomic E-state index is 8.97. The number of rotatable bonds is 1. The van der Waals surface area contributed by atoms with Crippen molar-refractivity contribution >= 4 is 16.3 Å². The second kappa shape index (κ2) is 2.32. The van der Waals surface area contributed by atoms with Crippen LogP contribution >= 0.6 is 11.3 Å². The van der Waals surface area contributed by atoms with Gasteiger partial charge in [0.15, 0.2) is 4.96 Å². The first-order chi connectivity index (χ1) is 5.33. The quantitative estimate of drug-likeness (QED) is 0.694. The highest BCUT2D eigenvalue weighted by atomic mass is 32.1. The molecule has 1 N–H and O–H groups in total. The number of aliphatic hydroxyl groups is 1. The Labute approximate surface area is 67.9 Å². The summed E-state index contributed by atoms with van der Waals surface area (Å²) in [5.41, 5.74) is 1.81. The second-order valence-electron chi connectivity index (χ2n) is 2.36. The predicted octanol–water partition coefficient (Wildman–Crippen LogP) is 1.20. The van der Waals surface area contributed by atoms with E-state index in [4.69, 9.17) is 5.11 Å². The topological polar surface area (TPSA) is 37.5 Å². The Bertz CT molecular complexity index is 377. The van der Waals surface area contributed by atoms with Gasteiger partial charge in [0.25, 0.3) is 0 Å². The van der Waals surface area contributed by atoms with Crippen LogP contribution in [-0.4, -0.2) is 14.5 Å². The summed E-state index contributed by atoms with van der Waals surface area (Å²) < 4.78 is 1.92. The van der Waals surface area contributed by atoms with Crippen molar-refractivity contribution in [3.05, 3.63) is 23.0 Å². The standard InChI is InChI=1S/C7H8N2OS/c1-5-6(4-10)9-2-3-11-7(9)8-5/h2-3,10H,4H2,1H3. The SMILES string of the molecule is Cc1nc2sccn2c1CO. The maximum absolute atomic E-state index is 8.97. The van der Waals surface area contributed by atoms with Gasteiger partial charge in [-0.3, -0.25) is 4.40 Å². The molecule has 0 saturated carbocycles. The van der Waals surface area contributed by atoms with Gasteiger partial charge in [0, 0.05) is 11.6 Å². The third-order valence-electron chi connectivity index (χ3n) is 1.71. The lowest BCUT2D eigenvalue weighted by Gasteiger charge is -1.92. The largest absolute Gasteiger partial charge is 0.390 e. The number of thiazole rings is 1. The minimum Gasteiger partial charge on any atom is -0.390 e. The van der Waals surface area contributed by atoms with E-state index in [1.165, 1.54) is 0 Å². The van der Waals surface area contributed by atoms with Crippen LogP contribution in [0.15, 0.2) is 11.6 Å². The smallest absolute Gasteiger partial charge is 0.194 e. The second-order valence-corrected chi connectivity index (χ2v) is 3.23. The average molecular weight is 168 g/mol. The first-order valence-electron chi connectivity index (χ1n) is 3.35. The molecule has 0 radical (unpaired) electrons. The molecule has 2 aromatic rings. The molecule has 0 saturated heterocycles. The van der Waals surface area contributed by atoms with E-state index in [1.54, 1.807) is 11.3 Å². The van der Waals surface area contributed by atoms with Gasteiger partial charge in [0.1, 0.15) is 0 Å². The lowest BCUT2D eigenvalue weighted by atomic mass is 10.4. The van der Waals surface area contributed by atoms with Crippen LogP contribution in [0, 0.1) is 6.92 Å². The van der Waals surface area contributed by atoms with Gasteiger partial charge in [-0.2, -0.15) is 0 Å². The van der Waals surface area contributed by atoms with Gasteiger partial charge < -0.3 is 5.11 Å². The van der Waals surface area contributed by atoms with Crippen LogP contribution in [0.25, 0.3) is 4.96 Å². The maximum Gasteiger partial charge on any atom is 0.194 e. The van der Waals surface area contributed by atoms with Gasteiger partial charge in [-0.15, -0.1) is 11.3 Å². The fourth-order valence-corrected chi connectivity index (χ4v) is 1.91. The van der Waals surface area contributed by atoms with Crippen molar-refractivity contribution in [1.29, 1.82) is 0 Å². The van der Waals surface area contributed by atoms with Crippen LogP contribution in [0.4, 0.5) is 0 Å². The fourth-order valence-electron chi connectivity index (χ4n) is 1.13. The molecule has 11 heavy (non-hydrogen) atoms. The first kappa shape index (κ1) is 6.82. The third kappa shape index (κ3) is 0.868. The molecule has 2 rings (SSSR count). The highest BCUT2D eigenvalue weighted by molar-refractivity contribution is 7.15. The van der Waals surface area contributed by atoms with Crippen molar-refractivity contribution in [2.45, 2.75) is 13.5 Å². The summed E-state index contributed by atoms with van der Waals surface area (Å²) in [6, 6.07) is 0. The van der Waals surface area contributed by atoms with Crippen molar-refractivity contribution in [2.75, 3.05) is 0 Å². The van der Waals surface area contributed by atoms with Crippen molar-refractivity contribution in [1.82, 2.24) is 9.38 Å². The molecule has 0 aromatic carbocycles. The molecule has 0 aliphatic carbocycles. The molecular formula is C7H8N2OS. The summed E-state index contributed by atoms with van der Waals surface area (Å²) in [4.78, 5) is 5.22. The predicted molar refractivity (Wildman–Crippen MR) is 43.7 cm³/mol.